The molecular weight excluding hydrogens is 322 g/mol. The third-order valence-electron chi connectivity index (χ3n) is 4.23. The topological polar surface area (TPSA) is 54.5 Å². The van der Waals surface area contributed by atoms with Crippen LogP contribution >= 0.6 is 11.3 Å². The van der Waals surface area contributed by atoms with Gasteiger partial charge >= 0.3 is 0 Å². The number of nitrogens with zero attached hydrogens (tertiary/aromatic N) is 2. The molecule has 0 saturated carbocycles. The maximum absolute atomic E-state index is 12.4. The minimum Gasteiger partial charge on any atom is -0.366 e. The number of likely N-dealkylation sites (N-methyl/N-ethyl adjacent to an activating group) is 1. The first kappa shape index (κ1) is 17.1. The van der Waals surface area contributed by atoms with Crippen LogP contribution in [0.15, 0.2) is 18.2 Å². The zero-order chi connectivity index (χ0) is 17.3. The Labute approximate surface area is 146 Å². The van der Waals surface area contributed by atoms with Crippen molar-refractivity contribution in [2.24, 2.45) is 0 Å². The summed E-state index contributed by atoms with van der Waals surface area (Å²) in [5, 5.41) is 3.54. The molecule has 1 aromatic carbocycles. The quantitative estimate of drug-likeness (QED) is 0.929. The second kappa shape index (κ2) is 7.01. The molecule has 1 aromatic heterocycles. The lowest BCUT2D eigenvalue weighted by Crippen LogP contribution is -2.46. The Morgan fingerprint density at radius 1 is 1.38 bits per heavy atom. The van der Waals surface area contributed by atoms with Gasteiger partial charge in [0.2, 0.25) is 0 Å². The number of anilines is 1. The molecule has 1 aliphatic rings. The Kier molecular flexibility index (Phi) is 4.99. The SMILES string of the molecule is Cc1ccc(-c2nc(NC(=O)C3CN(C)CCO3)sc2C)c(C)c1. The van der Waals surface area contributed by atoms with E-state index in [1.165, 1.54) is 22.5 Å². The van der Waals surface area contributed by atoms with Gasteiger partial charge in [0.25, 0.3) is 5.91 Å². The Hall–Kier alpha value is -1.76. The van der Waals surface area contributed by atoms with E-state index in [1.807, 2.05) is 14.0 Å². The van der Waals surface area contributed by atoms with Gasteiger partial charge in [-0.25, -0.2) is 4.98 Å². The molecule has 2 heterocycles. The largest absolute Gasteiger partial charge is 0.366 e. The Bertz CT molecular complexity index is 757. The predicted molar refractivity (Wildman–Crippen MR) is 97.6 cm³/mol. The average molecular weight is 345 g/mol. The van der Waals surface area contributed by atoms with Crippen molar-refractivity contribution in [2.45, 2.75) is 26.9 Å². The van der Waals surface area contributed by atoms with Crippen molar-refractivity contribution in [3.8, 4) is 11.3 Å². The third-order valence-corrected chi connectivity index (χ3v) is 5.11. The third kappa shape index (κ3) is 3.66. The van der Waals surface area contributed by atoms with Gasteiger partial charge in [-0.3, -0.25) is 10.1 Å². The number of rotatable bonds is 3. The number of aromatic nitrogens is 1. The molecule has 0 aliphatic carbocycles. The van der Waals surface area contributed by atoms with Crippen molar-refractivity contribution >= 4 is 22.4 Å². The molecule has 0 bridgehead atoms. The first-order valence-corrected chi connectivity index (χ1v) is 8.92. The van der Waals surface area contributed by atoms with Crippen LogP contribution in [0.25, 0.3) is 11.3 Å². The summed E-state index contributed by atoms with van der Waals surface area (Å²) in [6, 6.07) is 6.33. The number of carbonyl (C=O) groups is 1. The molecule has 1 amide bonds. The molecule has 2 aromatic rings. The second-order valence-electron chi connectivity index (χ2n) is 6.35. The molecule has 5 nitrogen and oxygen atoms in total. The van der Waals surface area contributed by atoms with Crippen LogP contribution in [0.2, 0.25) is 0 Å². The predicted octanol–water partition coefficient (Wildman–Crippen LogP) is 3.00. The van der Waals surface area contributed by atoms with Crippen LogP contribution in [0.1, 0.15) is 16.0 Å². The number of nitrogens with one attached hydrogen (secondary N) is 1. The lowest BCUT2D eigenvalue weighted by molar-refractivity contribution is -0.132. The standard InChI is InChI=1S/C18H23N3O2S/c1-11-5-6-14(12(2)9-11)16-13(3)24-18(19-16)20-17(22)15-10-21(4)7-8-23-15/h5-6,9,15H,7-8,10H2,1-4H3,(H,19,20,22). The zero-order valence-electron chi connectivity index (χ0n) is 14.5. The van der Waals surface area contributed by atoms with Crippen molar-refractivity contribution in [3.05, 3.63) is 34.2 Å². The smallest absolute Gasteiger partial charge is 0.256 e. The highest BCUT2D eigenvalue weighted by molar-refractivity contribution is 7.16. The molecule has 3 rings (SSSR count). The van der Waals surface area contributed by atoms with E-state index >= 15 is 0 Å². The highest BCUT2D eigenvalue weighted by atomic mass is 32.1. The molecule has 0 spiro atoms. The van der Waals surface area contributed by atoms with Crippen molar-refractivity contribution in [1.82, 2.24) is 9.88 Å². The fourth-order valence-electron chi connectivity index (χ4n) is 2.90. The highest BCUT2D eigenvalue weighted by Crippen LogP contribution is 2.32. The van der Waals surface area contributed by atoms with E-state index in [4.69, 9.17) is 4.74 Å². The van der Waals surface area contributed by atoms with Crippen molar-refractivity contribution in [2.75, 3.05) is 32.1 Å². The van der Waals surface area contributed by atoms with Gasteiger partial charge in [-0.15, -0.1) is 11.3 Å². The normalized spacial score (nSPS) is 18.6. The summed E-state index contributed by atoms with van der Waals surface area (Å²) in [5.41, 5.74) is 4.48. The van der Waals surface area contributed by atoms with Gasteiger partial charge in [0, 0.05) is 23.5 Å². The molecule has 1 atom stereocenters. The van der Waals surface area contributed by atoms with Crippen LogP contribution in [-0.2, 0) is 9.53 Å². The molecule has 24 heavy (non-hydrogen) atoms. The molecule has 6 heteroatoms. The van der Waals surface area contributed by atoms with E-state index in [0.717, 1.165) is 22.7 Å². The van der Waals surface area contributed by atoms with Crippen molar-refractivity contribution < 1.29 is 9.53 Å². The maximum Gasteiger partial charge on any atom is 0.256 e. The molecule has 1 fully saturated rings. The van der Waals surface area contributed by atoms with Gasteiger partial charge in [0.05, 0.1) is 12.3 Å². The van der Waals surface area contributed by atoms with Crippen LogP contribution in [0.5, 0.6) is 0 Å². The first-order valence-electron chi connectivity index (χ1n) is 8.10. The Morgan fingerprint density at radius 3 is 2.88 bits per heavy atom. The van der Waals surface area contributed by atoms with Crippen LogP contribution in [0.3, 0.4) is 0 Å². The van der Waals surface area contributed by atoms with Crippen molar-refractivity contribution in [3.63, 3.8) is 0 Å². The highest BCUT2D eigenvalue weighted by Gasteiger charge is 2.26. The zero-order valence-corrected chi connectivity index (χ0v) is 15.4. The molecule has 1 aliphatic heterocycles. The van der Waals surface area contributed by atoms with Gasteiger partial charge in [-0.1, -0.05) is 23.8 Å². The molecule has 128 valence electrons. The van der Waals surface area contributed by atoms with E-state index in [-0.39, 0.29) is 5.91 Å². The number of benzene rings is 1. The summed E-state index contributed by atoms with van der Waals surface area (Å²) in [6.07, 6.45) is -0.433. The number of hydrogen-bond acceptors (Lipinski definition) is 5. The van der Waals surface area contributed by atoms with Gasteiger partial charge in [0.15, 0.2) is 5.13 Å². The number of thiazole rings is 1. The summed E-state index contributed by atoms with van der Waals surface area (Å²) in [4.78, 5) is 20.2. The fraction of sp³-hybridized carbons (Fsp3) is 0.444. The molecule has 1 N–H and O–H groups in total. The molecule has 0 radical (unpaired) electrons. The average Bonchev–Trinajstić information content (AvgIpc) is 2.87. The number of aryl methyl sites for hydroxylation is 3. The summed E-state index contributed by atoms with van der Waals surface area (Å²) in [6.45, 7) is 8.26. The second-order valence-corrected chi connectivity index (χ2v) is 7.56. The first-order chi connectivity index (χ1) is 11.4. The van der Waals surface area contributed by atoms with Gasteiger partial charge in [-0.05, 0) is 33.4 Å². The van der Waals surface area contributed by atoms with Crippen LogP contribution in [0.4, 0.5) is 5.13 Å². The number of amides is 1. The lowest BCUT2D eigenvalue weighted by atomic mass is 10.0. The number of ether oxygens (including phenoxy) is 1. The Balaban J connectivity index is 1.77. The lowest BCUT2D eigenvalue weighted by Gasteiger charge is -2.28. The molecule has 1 saturated heterocycles. The van der Waals surface area contributed by atoms with E-state index in [1.54, 1.807) is 0 Å². The van der Waals surface area contributed by atoms with Crippen LogP contribution in [0, 0.1) is 20.8 Å². The molecular formula is C18H23N3O2S. The van der Waals surface area contributed by atoms with Crippen LogP contribution < -0.4 is 5.32 Å². The van der Waals surface area contributed by atoms with E-state index < -0.39 is 6.10 Å². The summed E-state index contributed by atoms with van der Waals surface area (Å²) < 4.78 is 5.56. The Morgan fingerprint density at radius 2 is 2.17 bits per heavy atom. The minimum absolute atomic E-state index is 0.123. The summed E-state index contributed by atoms with van der Waals surface area (Å²) in [7, 11) is 1.99. The molecule has 1 unspecified atom stereocenters. The van der Waals surface area contributed by atoms with Gasteiger partial charge in [0.1, 0.15) is 6.10 Å². The fourth-order valence-corrected chi connectivity index (χ4v) is 3.73. The number of carbonyl (C=O) groups excluding carboxylic acids is 1. The van der Waals surface area contributed by atoms with Crippen molar-refractivity contribution in [1.29, 1.82) is 0 Å². The maximum atomic E-state index is 12.4. The van der Waals surface area contributed by atoms with Gasteiger partial charge in [-0.2, -0.15) is 0 Å². The van der Waals surface area contributed by atoms with E-state index in [9.17, 15) is 4.79 Å². The van der Waals surface area contributed by atoms with E-state index in [2.05, 4.69) is 47.2 Å². The van der Waals surface area contributed by atoms with E-state index in [0.29, 0.717) is 18.3 Å². The number of morpholine rings is 1. The van der Waals surface area contributed by atoms with Gasteiger partial charge < -0.3 is 9.64 Å². The summed E-state index contributed by atoms with van der Waals surface area (Å²) >= 11 is 1.50. The monoisotopic (exact) mass is 345 g/mol. The minimum atomic E-state index is -0.433. The number of hydrogen-bond donors (Lipinski definition) is 1. The summed E-state index contributed by atoms with van der Waals surface area (Å²) in [5.74, 6) is -0.123. The van der Waals surface area contributed by atoms with Crippen LogP contribution in [-0.4, -0.2) is 48.6 Å².